The van der Waals surface area contributed by atoms with Crippen LogP contribution in [0.15, 0.2) is 30.3 Å². The van der Waals surface area contributed by atoms with Crippen molar-refractivity contribution in [3.05, 3.63) is 35.9 Å². The molecule has 1 N–H and O–H groups in total. The van der Waals surface area contributed by atoms with Crippen LogP contribution in [0.4, 0.5) is 0 Å². The zero-order valence-corrected chi connectivity index (χ0v) is 11.0. The summed E-state index contributed by atoms with van der Waals surface area (Å²) in [7, 11) is -3.35. The molecule has 1 rings (SSSR count). The van der Waals surface area contributed by atoms with Crippen LogP contribution >= 0.6 is 11.6 Å². The van der Waals surface area contributed by atoms with E-state index in [0.29, 0.717) is 18.7 Å². The lowest BCUT2D eigenvalue weighted by Crippen LogP contribution is -2.26. The number of rotatable bonds is 8. The van der Waals surface area contributed by atoms with Crippen LogP contribution in [0.2, 0.25) is 0 Å². The van der Waals surface area contributed by atoms with Gasteiger partial charge in [0.2, 0.25) is 10.0 Å². The van der Waals surface area contributed by atoms with Gasteiger partial charge in [0.15, 0.2) is 0 Å². The van der Waals surface area contributed by atoms with Gasteiger partial charge in [-0.1, -0.05) is 35.2 Å². The molecular weight excluding hydrogens is 262 g/mol. The highest BCUT2D eigenvalue weighted by atomic mass is 35.5. The smallest absolute Gasteiger partial charge is 0.233 e. The summed E-state index contributed by atoms with van der Waals surface area (Å²) in [5.74, 6) is 0.509. The third kappa shape index (κ3) is 6.63. The Morgan fingerprint density at radius 1 is 1.18 bits per heavy atom. The topological polar surface area (TPSA) is 55.4 Å². The first-order valence-electron chi connectivity index (χ1n) is 5.35. The maximum Gasteiger partial charge on any atom is 0.233 e. The Kier molecular flexibility index (Phi) is 6.50. The van der Waals surface area contributed by atoms with Crippen molar-refractivity contribution >= 4 is 21.6 Å². The molecule has 0 radical (unpaired) electrons. The lowest BCUT2D eigenvalue weighted by molar-refractivity contribution is 0.0795. The molecule has 0 aromatic heterocycles. The summed E-state index contributed by atoms with van der Waals surface area (Å²) in [6.45, 7) is 0.218. The molecule has 0 unspecified atom stereocenters. The number of hydrogen-bond acceptors (Lipinski definition) is 3. The van der Waals surface area contributed by atoms with Crippen LogP contribution in [0.3, 0.4) is 0 Å². The quantitative estimate of drug-likeness (QED) is 0.450. The SMILES string of the molecule is O=S(=O)(CCCCCl)NOCc1ccccc1. The standard InChI is InChI=1S/C11H16ClNO3S/c12-8-4-5-9-17(14,15)13-16-10-11-6-2-1-3-7-11/h1-3,6-7,13H,4-5,8-10H2. The van der Waals surface area contributed by atoms with Gasteiger partial charge in [0.25, 0.3) is 0 Å². The number of sulfonamides is 1. The van der Waals surface area contributed by atoms with Crippen LogP contribution in [-0.2, 0) is 21.5 Å². The Morgan fingerprint density at radius 3 is 2.53 bits per heavy atom. The number of unbranched alkanes of at least 4 members (excludes halogenated alkanes) is 1. The van der Waals surface area contributed by atoms with Gasteiger partial charge in [-0.15, -0.1) is 11.6 Å². The van der Waals surface area contributed by atoms with E-state index < -0.39 is 10.0 Å². The molecule has 0 amide bonds. The molecule has 0 aliphatic carbocycles. The molecule has 6 heteroatoms. The van der Waals surface area contributed by atoms with E-state index in [1.165, 1.54) is 0 Å². The van der Waals surface area contributed by atoms with Crippen molar-refractivity contribution in [3.63, 3.8) is 0 Å². The van der Waals surface area contributed by atoms with E-state index in [4.69, 9.17) is 16.4 Å². The maximum atomic E-state index is 11.4. The molecule has 4 nitrogen and oxygen atoms in total. The highest BCUT2D eigenvalue weighted by molar-refractivity contribution is 7.89. The van der Waals surface area contributed by atoms with Gasteiger partial charge < -0.3 is 0 Å². The minimum atomic E-state index is -3.35. The highest BCUT2D eigenvalue weighted by Crippen LogP contribution is 2.01. The highest BCUT2D eigenvalue weighted by Gasteiger charge is 2.09. The van der Waals surface area contributed by atoms with Crippen LogP contribution in [0.25, 0.3) is 0 Å². The van der Waals surface area contributed by atoms with E-state index in [1.807, 2.05) is 30.3 Å². The predicted octanol–water partition coefficient (Wildman–Crippen LogP) is 2.06. The van der Waals surface area contributed by atoms with Crippen molar-refractivity contribution in [1.29, 1.82) is 0 Å². The van der Waals surface area contributed by atoms with E-state index in [2.05, 4.69) is 4.89 Å². The van der Waals surface area contributed by atoms with Gasteiger partial charge in [-0.2, -0.15) is 0 Å². The van der Waals surface area contributed by atoms with Gasteiger partial charge in [-0.25, -0.2) is 8.42 Å². The van der Waals surface area contributed by atoms with Gasteiger partial charge in [0, 0.05) is 5.88 Å². The van der Waals surface area contributed by atoms with Gasteiger partial charge in [0.05, 0.1) is 12.4 Å². The second kappa shape index (κ2) is 7.66. The van der Waals surface area contributed by atoms with Crippen LogP contribution in [0, 0.1) is 0 Å². The molecule has 0 saturated heterocycles. The number of alkyl halides is 1. The van der Waals surface area contributed by atoms with Crippen molar-refractivity contribution in [2.75, 3.05) is 11.6 Å². The zero-order chi connectivity index (χ0) is 12.6. The zero-order valence-electron chi connectivity index (χ0n) is 9.43. The fourth-order valence-corrected chi connectivity index (χ4v) is 2.30. The van der Waals surface area contributed by atoms with Crippen molar-refractivity contribution in [2.24, 2.45) is 0 Å². The molecule has 0 bridgehead atoms. The summed E-state index contributed by atoms with van der Waals surface area (Å²) < 4.78 is 22.8. The van der Waals surface area contributed by atoms with E-state index in [1.54, 1.807) is 0 Å². The van der Waals surface area contributed by atoms with E-state index in [9.17, 15) is 8.42 Å². The largest absolute Gasteiger partial charge is 0.282 e. The fourth-order valence-electron chi connectivity index (χ4n) is 1.21. The Labute approximate surface area is 107 Å². The van der Waals surface area contributed by atoms with Crippen molar-refractivity contribution < 1.29 is 13.3 Å². The minimum absolute atomic E-state index is 0.0362. The summed E-state index contributed by atoms with van der Waals surface area (Å²) in [5.41, 5.74) is 0.913. The molecule has 0 spiro atoms. The first-order chi connectivity index (χ1) is 8.14. The van der Waals surface area contributed by atoms with Crippen molar-refractivity contribution in [3.8, 4) is 0 Å². The molecule has 1 aromatic rings. The molecule has 0 aliphatic heterocycles. The van der Waals surface area contributed by atoms with Gasteiger partial charge in [-0.3, -0.25) is 4.84 Å². The number of benzene rings is 1. The second-order valence-corrected chi connectivity index (χ2v) is 5.75. The average Bonchev–Trinajstić information content (AvgIpc) is 2.30. The molecule has 1 aromatic carbocycles. The van der Waals surface area contributed by atoms with Crippen molar-refractivity contribution in [1.82, 2.24) is 4.89 Å². The molecule has 0 aliphatic rings. The van der Waals surface area contributed by atoms with E-state index in [-0.39, 0.29) is 12.4 Å². The Bertz CT molecular complexity index is 408. The Hall–Kier alpha value is -0.620. The summed E-state index contributed by atoms with van der Waals surface area (Å²) in [6, 6.07) is 9.35. The van der Waals surface area contributed by atoms with Crippen LogP contribution in [0.1, 0.15) is 18.4 Å². The Morgan fingerprint density at radius 2 is 1.88 bits per heavy atom. The average molecular weight is 278 g/mol. The summed E-state index contributed by atoms with van der Waals surface area (Å²) in [6.07, 6.45) is 1.22. The minimum Gasteiger partial charge on any atom is -0.282 e. The third-order valence-electron chi connectivity index (χ3n) is 2.06. The maximum absolute atomic E-state index is 11.4. The van der Waals surface area contributed by atoms with E-state index >= 15 is 0 Å². The summed E-state index contributed by atoms with van der Waals surface area (Å²) >= 11 is 5.47. The molecule has 96 valence electrons. The molecule has 17 heavy (non-hydrogen) atoms. The van der Waals surface area contributed by atoms with Crippen LogP contribution in [0.5, 0.6) is 0 Å². The Balaban J connectivity index is 2.26. The normalized spacial score (nSPS) is 11.6. The summed E-state index contributed by atoms with van der Waals surface area (Å²) in [4.78, 5) is 7.04. The second-order valence-electron chi connectivity index (χ2n) is 3.57. The first kappa shape index (κ1) is 14.4. The van der Waals surface area contributed by atoms with E-state index in [0.717, 1.165) is 5.56 Å². The lowest BCUT2D eigenvalue weighted by Gasteiger charge is -2.06. The fraction of sp³-hybridized carbons (Fsp3) is 0.455. The van der Waals surface area contributed by atoms with Gasteiger partial charge in [0.1, 0.15) is 0 Å². The predicted molar refractivity (Wildman–Crippen MR) is 68.1 cm³/mol. The first-order valence-corrected chi connectivity index (χ1v) is 7.54. The molecule has 0 atom stereocenters. The summed E-state index contributed by atoms with van der Waals surface area (Å²) in [5, 5.41) is 0. The lowest BCUT2D eigenvalue weighted by atomic mass is 10.2. The van der Waals surface area contributed by atoms with Gasteiger partial charge in [-0.05, 0) is 18.4 Å². The number of nitrogens with one attached hydrogen (secondary N) is 1. The molecule has 0 fully saturated rings. The third-order valence-corrected chi connectivity index (χ3v) is 3.53. The molecule has 0 heterocycles. The number of halogens is 1. The van der Waals surface area contributed by atoms with Crippen molar-refractivity contribution in [2.45, 2.75) is 19.4 Å². The molecular formula is C11H16ClNO3S. The molecule has 0 saturated carbocycles. The van der Waals surface area contributed by atoms with Crippen LogP contribution in [-0.4, -0.2) is 20.1 Å². The van der Waals surface area contributed by atoms with Gasteiger partial charge >= 0.3 is 0 Å². The monoisotopic (exact) mass is 277 g/mol. The van der Waals surface area contributed by atoms with Crippen LogP contribution < -0.4 is 4.89 Å². The number of hydrogen-bond donors (Lipinski definition) is 1.